The van der Waals surface area contributed by atoms with Crippen LogP contribution in [0.15, 0.2) is 42.5 Å². The molecule has 0 radical (unpaired) electrons. The molecule has 1 amide bonds. The van der Waals surface area contributed by atoms with Crippen LogP contribution in [-0.2, 0) is 11.2 Å². The standard InChI is InChI=1S/C19H20BNO5/c1-3-25-19(23)15-10-6-8-13-11-16(20(24)26-17(13)15)21-18(22)14-9-5-4-7-12(14)2/h4-10,16,24H,3,11H2,1-2H3,(H,21,22)/t16-/m0/s1. The summed E-state index contributed by atoms with van der Waals surface area (Å²) in [5.41, 5.74) is 2.40. The Labute approximate surface area is 152 Å². The predicted octanol–water partition coefficient (Wildman–Crippen LogP) is 1.92. The molecular weight excluding hydrogens is 333 g/mol. The van der Waals surface area contributed by atoms with Crippen LogP contribution in [0.25, 0.3) is 0 Å². The first-order valence-electron chi connectivity index (χ1n) is 8.51. The van der Waals surface area contributed by atoms with Gasteiger partial charge in [-0.3, -0.25) is 4.79 Å². The third-order valence-electron chi connectivity index (χ3n) is 4.32. The number of amides is 1. The highest BCUT2D eigenvalue weighted by molar-refractivity contribution is 6.47. The van der Waals surface area contributed by atoms with E-state index in [9.17, 15) is 14.6 Å². The smallest absolute Gasteiger partial charge is 0.534 e. The van der Waals surface area contributed by atoms with Crippen molar-refractivity contribution in [1.82, 2.24) is 5.32 Å². The summed E-state index contributed by atoms with van der Waals surface area (Å²) in [6.45, 7) is 3.82. The molecule has 2 N–H and O–H groups in total. The first-order valence-corrected chi connectivity index (χ1v) is 8.51. The molecule has 134 valence electrons. The lowest BCUT2D eigenvalue weighted by atomic mass is 9.72. The molecule has 0 aliphatic carbocycles. The van der Waals surface area contributed by atoms with Crippen molar-refractivity contribution >= 4 is 19.0 Å². The van der Waals surface area contributed by atoms with E-state index in [0.717, 1.165) is 11.1 Å². The highest BCUT2D eigenvalue weighted by atomic mass is 16.5. The van der Waals surface area contributed by atoms with Crippen molar-refractivity contribution in [1.29, 1.82) is 0 Å². The van der Waals surface area contributed by atoms with Gasteiger partial charge >= 0.3 is 13.1 Å². The van der Waals surface area contributed by atoms with E-state index in [0.29, 0.717) is 17.7 Å². The van der Waals surface area contributed by atoms with Crippen LogP contribution in [0.1, 0.15) is 38.8 Å². The maximum absolute atomic E-state index is 12.5. The molecule has 0 unspecified atom stereocenters. The Bertz CT molecular complexity index is 838. The fourth-order valence-corrected chi connectivity index (χ4v) is 2.99. The van der Waals surface area contributed by atoms with Gasteiger partial charge in [-0.2, -0.15) is 0 Å². The summed E-state index contributed by atoms with van der Waals surface area (Å²) >= 11 is 0. The molecule has 0 fully saturated rings. The summed E-state index contributed by atoms with van der Waals surface area (Å²) in [5.74, 6) is -1.09. The minimum atomic E-state index is -1.26. The van der Waals surface area contributed by atoms with E-state index < -0.39 is 19.0 Å². The number of aryl methyl sites for hydroxylation is 1. The molecule has 0 aromatic heterocycles. The Morgan fingerprint density at radius 1 is 1.23 bits per heavy atom. The van der Waals surface area contributed by atoms with Crippen molar-refractivity contribution < 1.29 is 24.0 Å². The lowest BCUT2D eigenvalue weighted by Crippen LogP contribution is -2.53. The van der Waals surface area contributed by atoms with Crippen molar-refractivity contribution in [2.45, 2.75) is 26.2 Å². The monoisotopic (exact) mass is 353 g/mol. The van der Waals surface area contributed by atoms with E-state index in [1.807, 2.05) is 19.1 Å². The molecule has 2 aromatic rings. The summed E-state index contributed by atoms with van der Waals surface area (Å²) < 4.78 is 10.6. The van der Waals surface area contributed by atoms with Gasteiger partial charge in [0.05, 0.1) is 12.5 Å². The van der Waals surface area contributed by atoms with E-state index in [-0.39, 0.29) is 18.1 Å². The predicted molar refractivity (Wildman–Crippen MR) is 97.1 cm³/mol. The molecule has 2 aromatic carbocycles. The van der Waals surface area contributed by atoms with Gasteiger partial charge in [0.25, 0.3) is 5.91 Å². The van der Waals surface area contributed by atoms with Crippen LogP contribution < -0.4 is 9.97 Å². The van der Waals surface area contributed by atoms with Crippen molar-refractivity contribution in [3.05, 3.63) is 64.7 Å². The van der Waals surface area contributed by atoms with Gasteiger partial charge in [0.15, 0.2) is 0 Å². The van der Waals surface area contributed by atoms with Crippen LogP contribution in [0.4, 0.5) is 0 Å². The normalized spacial score (nSPS) is 15.7. The summed E-state index contributed by atoms with van der Waals surface area (Å²) in [6, 6.07) is 12.4. The number of hydrogen-bond donors (Lipinski definition) is 2. The van der Waals surface area contributed by atoms with E-state index in [1.54, 1.807) is 37.3 Å². The second-order valence-electron chi connectivity index (χ2n) is 6.12. The Hall–Kier alpha value is -2.80. The fraction of sp³-hybridized carbons (Fsp3) is 0.263. The minimum absolute atomic E-state index is 0.250. The number of carbonyl (C=O) groups is 2. The van der Waals surface area contributed by atoms with Crippen LogP contribution in [0.5, 0.6) is 5.75 Å². The van der Waals surface area contributed by atoms with Crippen LogP contribution in [-0.4, -0.2) is 36.6 Å². The molecule has 1 heterocycles. The molecular formula is C19H20BNO5. The van der Waals surface area contributed by atoms with Crippen LogP contribution >= 0.6 is 0 Å². The molecule has 1 aliphatic heterocycles. The van der Waals surface area contributed by atoms with Crippen molar-refractivity contribution in [2.24, 2.45) is 0 Å². The second-order valence-corrected chi connectivity index (χ2v) is 6.12. The molecule has 0 bridgehead atoms. The average Bonchev–Trinajstić information content (AvgIpc) is 2.62. The lowest BCUT2D eigenvalue weighted by Gasteiger charge is -2.29. The zero-order chi connectivity index (χ0) is 18.7. The van der Waals surface area contributed by atoms with E-state index >= 15 is 0 Å². The van der Waals surface area contributed by atoms with Crippen molar-refractivity contribution in [3.63, 3.8) is 0 Å². The number of carbonyl (C=O) groups excluding carboxylic acids is 2. The second kappa shape index (κ2) is 7.62. The zero-order valence-electron chi connectivity index (χ0n) is 14.7. The summed E-state index contributed by atoms with van der Waals surface area (Å²) in [4.78, 5) is 24.6. The highest BCUT2D eigenvalue weighted by Crippen LogP contribution is 2.30. The molecule has 0 saturated carbocycles. The maximum atomic E-state index is 12.5. The highest BCUT2D eigenvalue weighted by Gasteiger charge is 2.38. The molecule has 0 saturated heterocycles. The molecule has 6 nitrogen and oxygen atoms in total. The first kappa shape index (κ1) is 18.0. The SMILES string of the molecule is CCOC(=O)c1cccc2c1OB(O)[C@@H](NC(=O)c1ccccc1C)C2. The number of nitrogens with one attached hydrogen (secondary N) is 1. The van der Waals surface area contributed by atoms with Gasteiger partial charge in [-0.15, -0.1) is 0 Å². The van der Waals surface area contributed by atoms with Gasteiger partial charge < -0.3 is 19.7 Å². The lowest BCUT2D eigenvalue weighted by molar-refractivity contribution is 0.0523. The van der Waals surface area contributed by atoms with E-state index in [4.69, 9.17) is 9.39 Å². The summed E-state index contributed by atoms with van der Waals surface area (Å²) in [5, 5.41) is 13.1. The number of hydrogen-bond acceptors (Lipinski definition) is 5. The van der Waals surface area contributed by atoms with Gasteiger partial charge in [0, 0.05) is 5.56 Å². The molecule has 7 heteroatoms. The molecule has 1 aliphatic rings. The largest absolute Gasteiger partial charge is 0.547 e. The zero-order valence-corrected chi connectivity index (χ0v) is 14.7. The first-order chi connectivity index (χ1) is 12.5. The Morgan fingerprint density at radius 2 is 1.96 bits per heavy atom. The summed E-state index contributed by atoms with van der Waals surface area (Å²) in [6.07, 6.45) is 0.349. The Balaban J connectivity index is 1.80. The summed E-state index contributed by atoms with van der Waals surface area (Å²) in [7, 11) is -1.26. The van der Waals surface area contributed by atoms with Gasteiger partial charge in [-0.1, -0.05) is 30.3 Å². The fourth-order valence-electron chi connectivity index (χ4n) is 2.99. The number of benzene rings is 2. The van der Waals surface area contributed by atoms with Gasteiger partial charge in [0.1, 0.15) is 11.3 Å². The minimum Gasteiger partial charge on any atom is -0.534 e. The van der Waals surface area contributed by atoms with Crippen molar-refractivity contribution in [3.8, 4) is 5.75 Å². The van der Waals surface area contributed by atoms with Crippen LogP contribution in [0.3, 0.4) is 0 Å². The van der Waals surface area contributed by atoms with E-state index in [1.165, 1.54) is 0 Å². The quantitative estimate of drug-likeness (QED) is 0.648. The van der Waals surface area contributed by atoms with Crippen LogP contribution in [0, 0.1) is 6.92 Å². The molecule has 0 spiro atoms. The molecule has 1 atom stereocenters. The van der Waals surface area contributed by atoms with Crippen molar-refractivity contribution in [2.75, 3.05) is 6.61 Å². The topological polar surface area (TPSA) is 84.9 Å². The number of rotatable bonds is 4. The number of fused-ring (bicyclic) bond motifs is 1. The van der Waals surface area contributed by atoms with E-state index in [2.05, 4.69) is 5.32 Å². The maximum Gasteiger partial charge on any atom is 0.547 e. The molecule has 26 heavy (non-hydrogen) atoms. The third kappa shape index (κ3) is 3.58. The molecule has 3 rings (SSSR count). The van der Waals surface area contributed by atoms with Crippen LogP contribution in [0.2, 0.25) is 0 Å². The van der Waals surface area contributed by atoms with Gasteiger partial charge in [0.2, 0.25) is 0 Å². The average molecular weight is 353 g/mol. The number of para-hydroxylation sites is 1. The Kier molecular flexibility index (Phi) is 5.28. The number of ether oxygens (including phenoxy) is 1. The third-order valence-corrected chi connectivity index (χ3v) is 4.32. The Morgan fingerprint density at radius 3 is 2.69 bits per heavy atom. The van der Waals surface area contributed by atoms with Gasteiger partial charge in [-0.05, 0) is 43.5 Å². The number of esters is 1. The van der Waals surface area contributed by atoms with Gasteiger partial charge in [-0.25, -0.2) is 4.79 Å².